The topological polar surface area (TPSA) is 9.23 Å². The van der Waals surface area contributed by atoms with Crippen molar-refractivity contribution in [2.45, 2.75) is 51.9 Å². The molecule has 2 aromatic carbocycles. The van der Waals surface area contributed by atoms with Crippen molar-refractivity contribution in [1.29, 1.82) is 0 Å². The van der Waals surface area contributed by atoms with Gasteiger partial charge in [0, 0.05) is 5.56 Å². The van der Waals surface area contributed by atoms with Crippen molar-refractivity contribution in [2.75, 3.05) is 6.61 Å². The smallest absolute Gasteiger partial charge is 0.119 e. The molecule has 0 radical (unpaired) electrons. The van der Waals surface area contributed by atoms with E-state index in [2.05, 4.69) is 49.1 Å². The molecular weight excluding hydrogens is 328 g/mol. The van der Waals surface area contributed by atoms with Crippen molar-refractivity contribution in [1.82, 2.24) is 0 Å². The second-order valence-electron chi connectivity index (χ2n) is 7.29. The maximum absolute atomic E-state index is 5.46. The normalized spacial score (nSPS) is 19.5. The van der Waals surface area contributed by atoms with E-state index in [-0.39, 0.29) is 0 Å². The largest absolute Gasteiger partial charge is 0.494 e. The first-order chi connectivity index (χ1) is 13.3. The number of benzene rings is 2. The number of hydrogen-bond donors (Lipinski definition) is 0. The van der Waals surface area contributed by atoms with Crippen molar-refractivity contribution in [3.05, 3.63) is 77.4 Å². The summed E-state index contributed by atoms with van der Waals surface area (Å²) in [4.78, 5) is 0. The van der Waals surface area contributed by atoms with Crippen LogP contribution in [0, 0.1) is 17.8 Å². The summed E-state index contributed by atoms with van der Waals surface area (Å²) in [7, 11) is 0. The molecule has 0 heterocycles. The second kappa shape index (κ2) is 10.0. The molecule has 0 unspecified atom stereocenters. The first kappa shape index (κ1) is 19.3. The van der Waals surface area contributed by atoms with Gasteiger partial charge in [-0.2, -0.15) is 0 Å². The lowest BCUT2D eigenvalue weighted by atomic mass is 9.78. The van der Waals surface area contributed by atoms with Gasteiger partial charge in [-0.25, -0.2) is 0 Å². The summed E-state index contributed by atoms with van der Waals surface area (Å²) in [6.45, 7) is 4.90. The summed E-state index contributed by atoms with van der Waals surface area (Å²) in [5, 5.41) is 0. The highest BCUT2D eigenvalue weighted by atomic mass is 16.5. The monoisotopic (exact) mass is 358 g/mol. The summed E-state index contributed by atoms with van der Waals surface area (Å²) in [6, 6.07) is 17.2. The fourth-order valence-electron chi connectivity index (χ4n) is 3.78. The molecule has 0 saturated heterocycles. The van der Waals surface area contributed by atoms with E-state index in [1.807, 2.05) is 37.3 Å². The van der Waals surface area contributed by atoms with E-state index < -0.39 is 0 Å². The molecule has 0 spiro atoms. The van der Waals surface area contributed by atoms with Gasteiger partial charge in [-0.3, -0.25) is 0 Å². The minimum Gasteiger partial charge on any atom is -0.494 e. The molecule has 0 atom stereocenters. The fraction of sp³-hybridized carbons (Fsp3) is 0.385. The Morgan fingerprint density at radius 1 is 0.926 bits per heavy atom. The predicted molar refractivity (Wildman–Crippen MR) is 114 cm³/mol. The molecule has 3 rings (SSSR count). The van der Waals surface area contributed by atoms with E-state index in [0.29, 0.717) is 12.5 Å². The average Bonchev–Trinajstić information content (AvgIpc) is 2.73. The van der Waals surface area contributed by atoms with Crippen LogP contribution in [-0.2, 0) is 6.42 Å². The van der Waals surface area contributed by atoms with Crippen molar-refractivity contribution < 1.29 is 4.74 Å². The lowest BCUT2D eigenvalue weighted by molar-refractivity contribution is 0.340. The molecule has 0 bridgehead atoms. The van der Waals surface area contributed by atoms with E-state index in [9.17, 15) is 0 Å². The number of ether oxygens (including phenoxy) is 1. The summed E-state index contributed by atoms with van der Waals surface area (Å²) in [5.74, 6) is 8.70. The summed E-state index contributed by atoms with van der Waals surface area (Å²) < 4.78 is 5.46. The van der Waals surface area contributed by atoms with Gasteiger partial charge < -0.3 is 4.74 Å². The minimum atomic E-state index is 0.672. The van der Waals surface area contributed by atoms with Gasteiger partial charge in [0.25, 0.3) is 0 Å². The van der Waals surface area contributed by atoms with Crippen LogP contribution >= 0.6 is 0 Å². The molecule has 1 saturated carbocycles. The van der Waals surface area contributed by atoms with Gasteiger partial charge in [0.15, 0.2) is 0 Å². The number of allylic oxidation sites excluding steroid dienone is 2. The van der Waals surface area contributed by atoms with E-state index >= 15 is 0 Å². The predicted octanol–water partition coefficient (Wildman–Crippen LogP) is 6.53. The Balaban J connectivity index is 1.47. The highest BCUT2D eigenvalue weighted by molar-refractivity contribution is 5.40. The van der Waals surface area contributed by atoms with Crippen LogP contribution < -0.4 is 4.74 Å². The molecule has 0 N–H and O–H groups in total. The van der Waals surface area contributed by atoms with E-state index in [4.69, 9.17) is 4.74 Å². The third-order valence-electron chi connectivity index (χ3n) is 5.46. The molecule has 0 aliphatic heterocycles. The fourth-order valence-corrected chi connectivity index (χ4v) is 3.78. The molecule has 2 aromatic rings. The molecule has 1 fully saturated rings. The first-order valence-corrected chi connectivity index (χ1v) is 10.3. The van der Waals surface area contributed by atoms with Crippen LogP contribution in [0.1, 0.15) is 62.1 Å². The van der Waals surface area contributed by atoms with Crippen LogP contribution in [-0.4, -0.2) is 6.61 Å². The molecule has 1 heteroatoms. The van der Waals surface area contributed by atoms with Crippen molar-refractivity contribution >= 4 is 0 Å². The van der Waals surface area contributed by atoms with Gasteiger partial charge in [-0.15, -0.1) is 0 Å². The van der Waals surface area contributed by atoms with Gasteiger partial charge in [0.1, 0.15) is 5.75 Å². The first-order valence-electron chi connectivity index (χ1n) is 10.3. The maximum atomic E-state index is 5.46. The highest BCUT2D eigenvalue weighted by Gasteiger charge is 2.20. The molecule has 140 valence electrons. The third kappa shape index (κ3) is 5.76. The maximum Gasteiger partial charge on any atom is 0.119 e. The zero-order valence-corrected chi connectivity index (χ0v) is 16.6. The zero-order valence-electron chi connectivity index (χ0n) is 16.6. The number of hydrogen-bond acceptors (Lipinski definition) is 1. The van der Waals surface area contributed by atoms with Crippen LogP contribution in [0.5, 0.6) is 5.75 Å². The zero-order chi connectivity index (χ0) is 18.9. The van der Waals surface area contributed by atoms with Gasteiger partial charge in [0.05, 0.1) is 6.61 Å². The average molecular weight is 359 g/mol. The van der Waals surface area contributed by atoms with Gasteiger partial charge in [-0.1, -0.05) is 49.1 Å². The Hall–Kier alpha value is -2.46. The summed E-state index contributed by atoms with van der Waals surface area (Å²) >= 11 is 0. The van der Waals surface area contributed by atoms with Crippen LogP contribution in [0.25, 0.3) is 0 Å². The molecule has 1 aliphatic rings. The standard InChI is InChI=1S/C26H30O/c1-3-21-9-15-24(16-10-21)25-17-11-22(12-18-25)7-5-6-8-23-13-19-26(20-14-23)27-4-2/h5,7,9-10,13-16,19-20,22,25H,3-4,11-12,17-18H2,1-2H3/t22-,25-. The molecule has 0 amide bonds. The molecule has 1 aliphatic carbocycles. The minimum absolute atomic E-state index is 0.672. The SMILES string of the molecule is CCOc1ccc(C#CC=C[C@H]2CC[C@H](c3ccc(CC)cc3)CC2)cc1. The van der Waals surface area contributed by atoms with Crippen LogP contribution in [0.15, 0.2) is 60.7 Å². The Labute approximate surface area is 164 Å². The van der Waals surface area contributed by atoms with E-state index in [1.54, 1.807) is 0 Å². The van der Waals surface area contributed by atoms with E-state index in [0.717, 1.165) is 23.7 Å². The second-order valence-corrected chi connectivity index (χ2v) is 7.29. The van der Waals surface area contributed by atoms with Crippen molar-refractivity contribution in [3.8, 4) is 17.6 Å². The Morgan fingerprint density at radius 3 is 2.26 bits per heavy atom. The van der Waals surface area contributed by atoms with E-state index in [1.165, 1.54) is 36.8 Å². The third-order valence-corrected chi connectivity index (χ3v) is 5.46. The molecule has 0 aromatic heterocycles. The van der Waals surface area contributed by atoms with Crippen LogP contribution in [0.3, 0.4) is 0 Å². The van der Waals surface area contributed by atoms with Crippen molar-refractivity contribution in [2.24, 2.45) is 5.92 Å². The number of aryl methyl sites for hydroxylation is 1. The molecule has 1 nitrogen and oxygen atoms in total. The van der Waals surface area contributed by atoms with Gasteiger partial charge >= 0.3 is 0 Å². The highest BCUT2D eigenvalue weighted by Crippen LogP contribution is 2.36. The Kier molecular flexibility index (Phi) is 7.17. The lowest BCUT2D eigenvalue weighted by Gasteiger charge is -2.27. The van der Waals surface area contributed by atoms with Gasteiger partial charge in [0.2, 0.25) is 0 Å². The number of rotatable bonds is 5. The van der Waals surface area contributed by atoms with Gasteiger partial charge in [-0.05, 0) is 92.3 Å². The lowest BCUT2D eigenvalue weighted by Crippen LogP contribution is -2.11. The summed E-state index contributed by atoms with van der Waals surface area (Å²) in [6.07, 6.45) is 10.6. The molecular formula is C26H30O. The molecule has 27 heavy (non-hydrogen) atoms. The van der Waals surface area contributed by atoms with Crippen LogP contribution in [0.4, 0.5) is 0 Å². The Bertz CT molecular complexity index is 779. The summed E-state index contributed by atoms with van der Waals surface area (Å²) in [5.41, 5.74) is 3.98. The quantitative estimate of drug-likeness (QED) is 0.552. The van der Waals surface area contributed by atoms with Crippen molar-refractivity contribution in [3.63, 3.8) is 0 Å². The Morgan fingerprint density at radius 2 is 1.63 bits per heavy atom. The van der Waals surface area contributed by atoms with Crippen LogP contribution in [0.2, 0.25) is 0 Å².